The van der Waals surface area contributed by atoms with Crippen molar-refractivity contribution in [1.82, 2.24) is 15.0 Å². The van der Waals surface area contributed by atoms with E-state index in [9.17, 15) is 0 Å². The van der Waals surface area contributed by atoms with Crippen molar-refractivity contribution in [3.63, 3.8) is 0 Å². The Bertz CT molecular complexity index is 663. The number of aryl methyl sites for hydroxylation is 2. The minimum absolute atomic E-state index is 0.0822. The molecule has 0 radical (unpaired) electrons. The number of piperidine rings is 1. The van der Waals surface area contributed by atoms with Gasteiger partial charge in [-0.05, 0) is 26.7 Å². The van der Waals surface area contributed by atoms with Crippen LogP contribution >= 0.6 is 11.3 Å². The lowest BCUT2D eigenvalue weighted by molar-refractivity contribution is -0.116. The zero-order valence-corrected chi connectivity index (χ0v) is 15.1. The SMILES string of the molecule is Cc1noc(C)c1CN1CCO[C@]2(CCCN(c3nccs3)C2)C1. The third-order valence-electron chi connectivity index (χ3n) is 5.12. The second-order valence-electron chi connectivity index (χ2n) is 6.88. The normalized spacial score (nSPS) is 25.5. The molecule has 0 amide bonds. The molecule has 0 saturated carbocycles. The number of morpholine rings is 1. The van der Waals surface area contributed by atoms with Crippen LogP contribution in [0.4, 0.5) is 5.13 Å². The van der Waals surface area contributed by atoms with Crippen LogP contribution in [0.15, 0.2) is 16.1 Å². The Hall–Kier alpha value is -1.44. The zero-order chi connectivity index (χ0) is 16.6. The molecule has 6 nitrogen and oxygen atoms in total. The second-order valence-corrected chi connectivity index (χ2v) is 7.76. The van der Waals surface area contributed by atoms with Gasteiger partial charge in [-0.2, -0.15) is 0 Å². The number of anilines is 1. The van der Waals surface area contributed by atoms with E-state index in [-0.39, 0.29) is 5.60 Å². The molecule has 0 aliphatic carbocycles. The summed E-state index contributed by atoms with van der Waals surface area (Å²) in [7, 11) is 0. The molecule has 2 fully saturated rings. The number of hydrogen-bond acceptors (Lipinski definition) is 7. The van der Waals surface area contributed by atoms with E-state index in [4.69, 9.17) is 9.26 Å². The zero-order valence-electron chi connectivity index (χ0n) is 14.3. The average molecular weight is 348 g/mol. The molecule has 0 bridgehead atoms. The first-order valence-electron chi connectivity index (χ1n) is 8.58. The van der Waals surface area contributed by atoms with Crippen LogP contribution in [0.2, 0.25) is 0 Å². The molecule has 0 unspecified atom stereocenters. The summed E-state index contributed by atoms with van der Waals surface area (Å²) < 4.78 is 11.6. The first kappa shape index (κ1) is 16.1. The molecule has 0 aromatic carbocycles. The Morgan fingerprint density at radius 2 is 2.21 bits per heavy atom. The van der Waals surface area contributed by atoms with E-state index in [2.05, 4.69) is 19.9 Å². The van der Waals surface area contributed by atoms with Crippen LogP contribution < -0.4 is 4.90 Å². The number of aromatic nitrogens is 2. The molecule has 2 saturated heterocycles. The lowest BCUT2D eigenvalue weighted by Crippen LogP contribution is -2.59. The maximum atomic E-state index is 6.30. The van der Waals surface area contributed by atoms with Gasteiger partial charge in [-0.3, -0.25) is 4.90 Å². The summed E-state index contributed by atoms with van der Waals surface area (Å²) in [5.74, 6) is 0.932. The summed E-state index contributed by atoms with van der Waals surface area (Å²) in [6.45, 7) is 9.62. The van der Waals surface area contributed by atoms with E-state index in [1.54, 1.807) is 11.3 Å². The first-order valence-corrected chi connectivity index (χ1v) is 9.46. The highest BCUT2D eigenvalue weighted by atomic mass is 32.1. The first-order chi connectivity index (χ1) is 11.7. The van der Waals surface area contributed by atoms with Gasteiger partial charge in [-0.15, -0.1) is 11.3 Å². The highest BCUT2D eigenvalue weighted by Gasteiger charge is 2.41. The van der Waals surface area contributed by atoms with E-state index >= 15 is 0 Å². The molecule has 2 aliphatic rings. The standard InChI is InChI=1S/C17H24N4O2S/c1-13-15(14(2)23-19-13)10-20-7-8-22-17(11-20)4-3-6-21(12-17)16-18-5-9-24-16/h5,9H,3-4,6-8,10-12H2,1-2H3/t17-/m1/s1. The summed E-state index contributed by atoms with van der Waals surface area (Å²) in [5, 5.41) is 7.24. The molecule has 4 heterocycles. The van der Waals surface area contributed by atoms with Gasteiger partial charge in [-0.1, -0.05) is 5.16 Å². The third-order valence-corrected chi connectivity index (χ3v) is 5.95. The van der Waals surface area contributed by atoms with E-state index in [1.165, 1.54) is 5.56 Å². The highest BCUT2D eigenvalue weighted by molar-refractivity contribution is 7.13. The molecule has 7 heteroatoms. The Morgan fingerprint density at radius 3 is 2.96 bits per heavy atom. The monoisotopic (exact) mass is 348 g/mol. The van der Waals surface area contributed by atoms with Crippen LogP contribution in [0.5, 0.6) is 0 Å². The molecule has 0 N–H and O–H groups in total. The van der Waals surface area contributed by atoms with Crippen molar-refractivity contribution in [2.75, 3.05) is 37.7 Å². The second kappa shape index (κ2) is 6.46. The topological polar surface area (TPSA) is 54.6 Å². The average Bonchev–Trinajstić information content (AvgIpc) is 3.21. The summed E-state index contributed by atoms with van der Waals surface area (Å²) in [6.07, 6.45) is 4.15. The molecule has 2 aromatic heterocycles. The van der Waals surface area contributed by atoms with Crippen LogP contribution in [-0.2, 0) is 11.3 Å². The van der Waals surface area contributed by atoms with E-state index in [0.717, 1.165) is 68.8 Å². The van der Waals surface area contributed by atoms with Crippen molar-refractivity contribution in [3.8, 4) is 0 Å². The molecule has 1 atom stereocenters. The predicted octanol–water partition coefficient (Wildman–Crippen LogP) is 2.62. The number of thiazole rings is 1. The minimum Gasteiger partial charge on any atom is -0.370 e. The van der Waals surface area contributed by atoms with Gasteiger partial charge < -0.3 is 14.2 Å². The summed E-state index contributed by atoms with van der Waals surface area (Å²) >= 11 is 1.71. The molecule has 24 heavy (non-hydrogen) atoms. The quantitative estimate of drug-likeness (QED) is 0.850. The van der Waals surface area contributed by atoms with Gasteiger partial charge in [0.1, 0.15) is 5.76 Å². The predicted molar refractivity (Wildman–Crippen MR) is 93.5 cm³/mol. The van der Waals surface area contributed by atoms with Crippen molar-refractivity contribution in [3.05, 3.63) is 28.6 Å². The van der Waals surface area contributed by atoms with Gasteiger partial charge in [0.15, 0.2) is 5.13 Å². The summed E-state index contributed by atoms with van der Waals surface area (Å²) in [4.78, 5) is 9.35. The molecular weight excluding hydrogens is 324 g/mol. The Balaban J connectivity index is 1.47. The largest absolute Gasteiger partial charge is 0.370 e. The van der Waals surface area contributed by atoms with Crippen molar-refractivity contribution in [2.45, 2.75) is 38.8 Å². The smallest absolute Gasteiger partial charge is 0.185 e. The van der Waals surface area contributed by atoms with Crippen LogP contribution in [-0.4, -0.2) is 53.4 Å². The molecular formula is C17H24N4O2S. The van der Waals surface area contributed by atoms with Gasteiger partial charge in [-0.25, -0.2) is 4.98 Å². The Labute approximate surface area is 146 Å². The Morgan fingerprint density at radius 1 is 1.29 bits per heavy atom. The van der Waals surface area contributed by atoms with Gasteiger partial charge >= 0.3 is 0 Å². The van der Waals surface area contributed by atoms with Crippen molar-refractivity contribution >= 4 is 16.5 Å². The van der Waals surface area contributed by atoms with Crippen LogP contribution in [0, 0.1) is 13.8 Å². The molecule has 4 rings (SSSR count). The van der Waals surface area contributed by atoms with Gasteiger partial charge in [0, 0.05) is 43.3 Å². The van der Waals surface area contributed by atoms with Gasteiger partial charge in [0.05, 0.1) is 24.4 Å². The van der Waals surface area contributed by atoms with Crippen molar-refractivity contribution in [2.24, 2.45) is 0 Å². The summed E-state index contributed by atoms with van der Waals surface area (Å²) in [5.41, 5.74) is 2.14. The van der Waals surface area contributed by atoms with Crippen molar-refractivity contribution in [1.29, 1.82) is 0 Å². The minimum atomic E-state index is -0.0822. The number of ether oxygens (including phenoxy) is 1. The maximum Gasteiger partial charge on any atom is 0.185 e. The third kappa shape index (κ3) is 3.08. The lowest BCUT2D eigenvalue weighted by Gasteiger charge is -2.48. The molecule has 2 aliphatic heterocycles. The van der Waals surface area contributed by atoms with E-state index in [1.807, 2.05) is 25.4 Å². The Kier molecular flexibility index (Phi) is 4.32. The van der Waals surface area contributed by atoms with Gasteiger partial charge in [0.25, 0.3) is 0 Å². The fourth-order valence-corrected chi connectivity index (χ4v) is 4.56. The maximum absolute atomic E-state index is 6.30. The number of rotatable bonds is 3. The molecule has 1 spiro atoms. The van der Waals surface area contributed by atoms with E-state index < -0.39 is 0 Å². The lowest BCUT2D eigenvalue weighted by atomic mass is 9.90. The van der Waals surface area contributed by atoms with Crippen molar-refractivity contribution < 1.29 is 9.26 Å². The fraction of sp³-hybridized carbons (Fsp3) is 0.647. The molecule has 130 valence electrons. The van der Waals surface area contributed by atoms with Crippen LogP contribution in [0.3, 0.4) is 0 Å². The van der Waals surface area contributed by atoms with Crippen LogP contribution in [0.1, 0.15) is 29.9 Å². The van der Waals surface area contributed by atoms with Gasteiger partial charge in [0.2, 0.25) is 0 Å². The highest BCUT2D eigenvalue weighted by Crippen LogP contribution is 2.33. The number of nitrogens with zero attached hydrogens (tertiary/aromatic N) is 4. The summed E-state index contributed by atoms with van der Waals surface area (Å²) in [6, 6.07) is 0. The van der Waals surface area contributed by atoms with E-state index in [0.29, 0.717) is 0 Å². The fourth-order valence-electron chi connectivity index (χ4n) is 3.89. The van der Waals surface area contributed by atoms with Crippen LogP contribution in [0.25, 0.3) is 0 Å². The number of hydrogen-bond donors (Lipinski definition) is 0. The molecule has 2 aromatic rings.